The van der Waals surface area contributed by atoms with E-state index in [4.69, 9.17) is 9.72 Å². The molecule has 1 atom stereocenters. The maximum absolute atomic E-state index is 13.4. The molecule has 7 heteroatoms. The molecule has 0 spiro atoms. The standard InChI is InChI=1S/C26H31N3O3S/c1-18(2)32-17-9-16-29-25(31)21-12-5-6-13-22(21)27-26(29)33-19(3)24(30)28-15-8-11-20-10-4-7-14-23(20)28/h4-7,10,12-14,18-19H,8-9,11,15-17H2,1-3H3/t19-/m0/s1. The summed E-state index contributed by atoms with van der Waals surface area (Å²) < 4.78 is 7.36. The lowest BCUT2D eigenvalue weighted by atomic mass is 10.0. The van der Waals surface area contributed by atoms with Crippen LogP contribution in [-0.4, -0.2) is 40.0 Å². The molecule has 2 aromatic carbocycles. The fraction of sp³-hybridized carbons (Fsp3) is 0.423. The first kappa shape index (κ1) is 23.5. The summed E-state index contributed by atoms with van der Waals surface area (Å²) in [5, 5.41) is 0.798. The van der Waals surface area contributed by atoms with E-state index < -0.39 is 0 Å². The van der Waals surface area contributed by atoms with Gasteiger partial charge in [-0.2, -0.15) is 0 Å². The average molecular weight is 466 g/mol. The first-order valence-electron chi connectivity index (χ1n) is 11.6. The van der Waals surface area contributed by atoms with Crippen molar-refractivity contribution >= 4 is 34.3 Å². The van der Waals surface area contributed by atoms with Crippen LogP contribution in [0.5, 0.6) is 0 Å². The average Bonchev–Trinajstić information content (AvgIpc) is 2.82. The van der Waals surface area contributed by atoms with Crippen LogP contribution >= 0.6 is 11.8 Å². The van der Waals surface area contributed by atoms with Gasteiger partial charge in [-0.15, -0.1) is 0 Å². The number of hydrogen-bond acceptors (Lipinski definition) is 5. The number of fused-ring (bicyclic) bond motifs is 2. The van der Waals surface area contributed by atoms with Gasteiger partial charge in [-0.1, -0.05) is 42.1 Å². The molecule has 6 nitrogen and oxygen atoms in total. The Morgan fingerprint density at radius 2 is 1.88 bits per heavy atom. The lowest BCUT2D eigenvalue weighted by Crippen LogP contribution is -2.40. The van der Waals surface area contributed by atoms with Crippen molar-refractivity contribution in [3.05, 3.63) is 64.4 Å². The number of benzene rings is 2. The number of thioether (sulfide) groups is 1. The Morgan fingerprint density at radius 1 is 1.12 bits per heavy atom. The second-order valence-electron chi connectivity index (χ2n) is 8.62. The molecule has 0 radical (unpaired) electrons. The molecule has 33 heavy (non-hydrogen) atoms. The largest absolute Gasteiger partial charge is 0.379 e. The molecule has 1 aliphatic rings. The molecule has 0 saturated carbocycles. The first-order valence-corrected chi connectivity index (χ1v) is 12.5. The highest BCUT2D eigenvalue weighted by molar-refractivity contribution is 8.00. The lowest BCUT2D eigenvalue weighted by molar-refractivity contribution is -0.117. The second-order valence-corrected chi connectivity index (χ2v) is 9.93. The van der Waals surface area contributed by atoms with Crippen molar-refractivity contribution in [1.82, 2.24) is 9.55 Å². The van der Waals surface area contributed by atoms with E-state index in [-0.39, 0.29) is 22.8 Å². The van der Waals surface area contributed by atoms with Gasteiger partial charge >= 0.3 is 0 Å². The number of para-hydroxylation sites is 2. The van der Waals surface area contributed by atoms with Crippen molar-refractivity contribution in [2.45, 2.75) is 63.1 Å². The predicted molar refractivity (Wildman–Crippen MR) is 134 cm³/mol. The van der Waals surface area contributed by atoms with Crippen molar-refractivity contribution in [2.24, 2.45) is 0 Å². The minimum Gasteiger partial charge on any atom is -0.379 e. The van der Waals surface area contributed by atoms with Crippen molar-refractivity contribution in [3.63, 3.8) is 0 Å². The van der Waals surface area contributed by atoms with E-state index in [2.05, 4.69) is 6.07 Å². The van der Waals surface area contributed by atoms with Crippen LogP contribution in [0.15, 0.2) is 58.5 Å². The topological polar surface area (TPSA) is 64.4 Å². The van der Waals surface area contributed by atoms with Crippen LogP contribution in [-0.2, 0) is 22.5 Å². The molecule has 0 N–H and O–H groups in total. The minimum atomic E-state index is -0.373. The van der Waals surface area contributed by atoms with Gasteiger partial charge in [0.15, 0.2) is 5.16 Å². The number of amides is 1. The van der Waals surface area contributed by atoms with Gasteiger partial charge in [0.05, 0.1) is 22.3 Å². The number of carbonyl (C=O) groups is 1. The molecule has 4 rings (SSSR count). The van der Waals surface area contributed by atoms with Crippen molar-refractivity contribution < 1.29 is 9.53 Å². The number of aryl methyl sites for hydroxylation is 1. The zero-order valence-electron chi connectivity index (χ0n) is 19.5. The molecule has 3 aromatic rings. The molecule has 0 fully saturated rings. The zero-order chi connectivity index (χ0) is 23.4. The van der Waals surface area contributed by atoms with Crippen LogP contribution < -0.4 is 10.5 Å². The molecule has 0 saturated heterocycles. The maximum atomic E-state index is 13.4. The van der Waals surface area contributed by atoms with Gasteiger partial charge in [0, 0.05) is 25.4 Å². The SMILES string of the molecule is CC(C)OCCCn1c(S[C@@H](C)C(=O)N2CCCc3ccccc32)nc2ccccc2c1=O. The fourth-order valence-electron chi connectivity index (χ4n) is 4.17. The number of anilines is 1. The Kier molecular flexibility index (Phi) is 7.50. The van der Waals surface area contributed by atoms with Crippen LogP contribution in [0.2, 0.25) is 0 Å². The van der Waals surface area contributed by atoms with Crippen LogP contribution in [0.4, 0.5) is 5.69 Å². The third-order valence-corrected chi connectivity index (χ3v) is 6.89. The number of nitrogens with zero attached hydrogens (tertiary/aromatic N) is 3. The van der Waals surface area contributed by atoms with Gasteiger partial charge in [0.25, 0.3) is 5.56 Å². The summed E-state index contributed by atoms with van der Waals surface area (Å²) in [5.74, 6) is 0.0456. The Morgan fingerprint density at radius 3 is 2.70 bits per heavy atom. The van der Waals surface area contributed by atoms with Crippen molar-refractivity contribution in [2.75, 3.05) is 18.1 Å². The quantitative estimate of drug-likeness (QED) is 0.275. The minimum absolute atomic E-state index is 0.0456. The summed E-state index contributed by atoms with van der Waals surface area (Å²) in [7, 11) is 0. The number of hydrogen-bond donors (Lipinski definition) is 0. The Balaban J connectivity index is 1.60. The molecule has 0 unspecified atom stereocenters. The Hall–Kier alpha value is -2.64. The molecular weight excluding hydrogens is 434 g/mol. The normalized spacial score (nSPS) is 14.5. The summed E-state index contributed by atoms with van der Waals surface area (Å²) in [5.41, 5.74) is 2.79. The molecule has 1 amide bonds. The number of carbonyl (C=O) groups excluding carboxylic acids is 1. The summed E-state index contributed by atoms with van der Waals surface area (Å²) in [4.78, 5) is 33.4. The van der Waals surface area contributed by atoms with E-state index in [0.29, 0.717) is 42.2 Å². The molecule has 1 aromatic heterocycles. The van der Waals surface area contributed by atoms with Gasteiger partial charge in [0.1, 0.15) is 0 Å². The highest BCUT2D eigenvalue weighted by Crippen LogP contribution is 2.30. The smallest absolute Gasteiger partial charge is 0.262 e. The first-order chi connectivity index (χ1) is 16.0. The molecule has 0 aliphatic carbocycles. The number of ether oxygens (including phenoxy) is 1. The highest BCUT2D eigenvalue weighted by atomic mass is 32.2. The molecule has 0 bridgehead atoms. The van der Waals surface area contributed by atoms with Gasteiger partial charge in [-0.3, -0.25) is 14.2 Å². The van der Waals surface area contributed by atoms with E-state index in [1.165, 1.54) is 17.3 Å². The number of rotatable bonds is 8. The number of aromatic nitrogens is 2. The zero-order valence-corrected chi connectivity index (χ0v) is 20.3. The van der Waals surface area contributed by atoms with E-state index in [1.54, 1.807) is 10.6 Å². The maximum Gasteiger partial charge on any atom is 0.262 e. The van der Waals surface area contributed by atoms with Crippen molar-refractivity contribution in [1.29, 1.82) is 0 Å². The van der Waals surface area contributed by atoms with Gasteiger partial charge in [-0.25, -0.2) is 4.98 Å². The van der Waals surface area contributed by atoms with E-state index >= 15 is 0 Å². The summed E-state index contributed by atoms with van der Waals surface area (Å²) in [6.07, 6.45) is 2.80. The Bertz CT molecular complexity index is 1190. The van der Waals surface area contributed by atoms with Crippen LogP contribution in [0.3, 0.4) is 0 Å². The third-order valence-electron chi connectivity index (χ3n) is 5.81. The highest BCUT2D eigenvalue weighted by Gasteiger charge is 2.28. The van der Waals surface area contributed by atoms with Crippen LogP contribution in [0.1, 0.15) is 39.2 Å². The Labute approximate surface area is 199 Å². The molecular formula is C26H31N3O3S. The second kappa shape index (κ2) is 10.5. The molecule has 2 heterocycles. The van der Waals surface area contributed by atoms with Crippen molar-refractivity contribution in [3.8, 4) is 0 Å². The van der Waals surface area contributed by atoms with E-state index in [9.17, 15) is 9.59 Å². The van der Waals surface area contributed by atoms with Gasteiger partial charge in [0.2, 0.25) is 5.91 Å². The third kappa shape index (κ3) is 5.31. The van der Waals surface area contributed by atoms with Crippen LogP contribution in [0.25, 0.3) is 10.9 Å². The lowest BCUT2D eigenvalue weighted by Gasteiger charge is -2.31. The summed E-state index contributed by atoms with van der Waals surface area (Å²) >= 11 is 1.36. The molecule has 174 valence electrons. The van der Waals surface area contributed by atoms with Gasteiger partial charge in [-0.05, 0) is 63.8 Å². The molecule has 1 aliphatic heterocycles. The van der Waals surface area contributed by atoms with Crippen LogP contribution in [0, 0.1) is 0 Å². The summed E-state index contributed by atoms with van der Waals surface area (Å²) in [6.45, 7) is 7.68. The predicted octanol–water partition coefficient (Wildman–Crippen LogP) is 4.67. The van der Waals surface area contributed by atoms with E-state index in [1.807, 2.05) is 62.1 Å². The van der Waals surface area contributed by atoms with E-state index in [0.717, 1.165) is 18.5 Å². The van der Waals surface area contributed by atoms with Gasteiger partial charge < -0.3 is 9.64 Å². The summed E-state index contributed by atoms with van der Waals surface area (Å²) in [6, 6.07) is 15.5. The fourth-order valence-corrected chi connectivity index (χ4v) is 5.16. The monoisotopic (exact) mass is 465 g/mol.